The summed E-state index contributed by atoms with van der Waals surface area (Å²) >= 11 is 6.15. The van der Waals surface area contributed by atoms with E-state index >= 15 is 0 Å². The summed E-state index contributed by atoms with van der Waals surface area (Å²) in [5.41, 5.74) is 1.86. The van der Waals surface area contributed by atoms with Crippen LogP contribution < -0.4 is 5.32 Å². The largest absolute Gasteiger partial charge is 0.373 e. The van der Waals surface area contributed by atoms with Crippen LogP contribution in [-0.4, -0.2) is 17.0 Å². The molecule has 0 bridgehead atoms. The van der Waals surface area contributed by atoms with Gasteiger partial charge in [-0.3, -0.25) is 0 Å². The Morgan fingerprint density at radius 2 is 2.00 bits per heavy atom. The van der Waals surface area contributed by atoms with Crippen molar-refractivity contribution in [3.05, 3.63) is 41.0 Å². The molecule has 0 spiro atoms. The van der Waals surface area contributed by atoms with Crippen molar-refractivity contribution in [1.29, 1.82) is 0 Å². The molecule has 0 atom stereocenters. The van der Waals surface area contributed by atoms with Crippen LogP contribution in [0.2, 0.25) is 5.02 Å². The zero-order valence-corrected chi connectivity index (χ0v) is 10.6. The number of aryl methyl sites for hydroxylation is 1. The number of hydrogen-bond acceptors (Lipinski definition) is 3. The fourth-order valence-electron chi connectivity index (χ4n) is 1.57. The Morgan fingerprint density at radius 3 is 2.65 bits per heavy atom. The number of anilines is 1. The van der Waals surface area contributed by atoms with Gasteiger partial charge in [0.2, 0.25) is 0 Å². The van der Waals surface area contributed by atoms with Gasteiger partial charge in [-0.1, -0.05) is 30.7 Å². The minimum atomic E-state index is 0.666. The van der Waals surface area contributed by atoms with E-state index in [2.05, 4.69) is 22.2 Å². The Balaban J connectivity index is 2.55. The maximum absolute atomic E-state index is 6.15. The first-order chi connectivity index (χ1) is 8.24. The fraction of sp³-hybridized carbons (Fsp3) is 0.231. The fourth-order valence-corrected chi connectivity index (χ4v) is 1.79. The third-order valence-corrected chi connectivity index (χ3v) is 2.84. The Morgan fingerprint density at radius 1 is 1.24 bits per heavy atom. The third-order valence-electron chi connectivity index (χ3n) is 2.51. The number of rotatable bonds is 3. The molecule has 1 aromatic heterocycles. The molecule has 2 aromatic rings. The maximum Gasteiger partial charge on any atom is 0.163 e. The SMILES string of the molecule is CCc1cc(NC)nc(-c2ccccc2Cl)n1. The Kier molecular flexibility index (Phi) is 3.59. The molecule has 2 rings (SSSR count). The van der Waals surface area contributed by atoms with Crippen LogP contribution in [0.4, 0.5) is 5.82 Å². The summed E-state index contributed by atoms with van der Waals surface area (Å²) in [6, 6.07) is 9.55. The summed E-state index contributed by atoms with van der Waals surface area (Å²) in [5.74, 6) is 1.48. The number of nitrogens with one attached hydrogen (secondary N) is 1. The highest BCUT2D eigenvalue weighted by Gasteiger charge is 2.08. The summed E-state index contributed by atoms with van der Waals surface area (Å²) < 4.78 is 0. The van der Waals surface area contributed by atoms with Crippen LogP contribution in [0.25, 0.3) is 11.4 Å². The van der Waals surface area contributed by atoms with E-state index in [0.717, 1.165) is 23.5 Å². The van der Waals surface area contributed by atoms with Gasteiger partial charge in [0.1, 0.15) is 5.82 Å². The summed E-state index contributed by atoms with van der Waals surface area (Å²) in [7, 11) is 1.85. The van der Waals surface area contributed by atoms with Gasteiger partial charge in [0, 0.05) is 24.4 Å². The highest BCUT2D eigenvalue weighted by Crippen LogP contribution is 2.25. The van der Waals surface area contributed by atoms with E-state index in [-0.39, 0.29) is 0 Å². The minimum absolute atomic E-state index is 0.666. The van der Waals surface area contributed by atoms with Crippen LogP contribution in [0.3, 0.4) is 0 Å². The molecule has 0 aliphatic carbocycles. The van der Waals surface area contributed by atoms with Crippen molar-refractivity contribution in [3.8, 4) is 11.4 Å². The van der Waals surface area contributed by atoms with Gasteiger partial charge in [0.25, 0.3) is 0 Å². The van der Waals surface area contributed by atoms with Crippen LogP contribution in [0.15, 0.2) is 30.3 Å². The lowest BCUT2D eigenvalue weighted by molar-refractivity contribution is 1.01. The van der Waals surface area contributed by atoms with Crippen molar-refractivity contribution in [2.45, 2.75) is 13.3 Å². The molecule has 4 heteroatoms. The van der Waals surface area contributed by atoms with E-state index in [4.69, 9.17) is 11.6 Å². The number of aromatic nitrogens is 2. The van der Waals surface area contributed by atoms with Crippen LogP contribution in [-0.2, 0) is 6.42 Å². The first kappa shape index (κ1) is 11.9. The molecule has 3 nitrogen and oxygen atoms in total. The summed E-state index contributed by atoms with van der Waals surface area (Å²) in [5, 5.41) is 3.71. The quantitative estimate of drug-likeness (QED) is 0.903. The lowest BCUT2D eigenvalue weighted by atomic mass is 10.2. The van der Waals surface area contributed by atoms with Crippen molar-refractivity contribution in [3.63, 3.8) is 0 Å². The number of benzene rings is 1. The monoisotopic (exact) mass is 247 g/mol. The predicted molar refractivity (Wildman–Crippen MR) is 71.4 cm³/mol. The maximum atomic E-state index is 6.15. The first-order valence-electron chi connectivity index (χ1n) is 5.55. The van der Waals surface area contributed by atoms with Crippen molar-refractivity contribution in [1.82, 2.24) is 9.97 Å². The van der Waals surface area contributed by atoms with Crippen molar-refractivity contribution in [2.24, 2.45) is 0 Å². The lowest BCUT2D eigenvalue weighted by Crippen LogP contribution is -2.00. The van der Waals surface area contributed by atoms with E-state index in [9.17, 15) is 0 Å². The highest BCUT2D eigenvalue weighted by molar-refractivity contribution is 6.33. The molecular formula is C13H14ClN3. The molecule has 0 amide bonds. The second kappa shape index (κ2) is 5.15. The van der Waals surface area contributed by atoms with E-state index in [0.29, 0.717) is 10.8 Å². The number of hydrogen-bond donors (Lipinski definition) is 1. The van der Waals surface area contributed by atoms with E-state index < -0.39 is 0 Å². The highest BCUT2D eigenvalue weighted by atomic mass is 35.5. The molecule has 0 unspecified atom stereocenters. The zero-order chi connectivity index (χ0) is 12.3. The molecule has 0 saturated carbocycles. The van der Waals surface area contributed by atoms with E-state index in [1.165, 1.54) is 0 Å². The molecule has 0 aliphatic rings. The van der Waals surface area contributed by atoms with Gasteiger partial charge in [-0.15, -0.1) is 0 Å². The van der Waals surface area contributed by atoms with Crippen molar-refractivity contribution in [2.75, 3.05) is 12.4 Å². The average molecular weight is 248 g/mol. The van der Waals surface area contributed by atoms with Crippen LogP contribution in [0, 0.1) is 0 Å². The summed E-state index contributed by atoms with van der Waals surface area (Å²) in [6.45, 7) is 2.07. The molecule has 0 aliphatic heterocycles. The zero-order valence-electron chi connectivity index (χ0n) is 9.87. The lowest BCUT2D eigenvalue weighted by Gasteiger charge is -2.07. The van der Waals surface area contributed by atoms with Gasteiger partial charge >= 0.3 is 0 Å². The van der Waals surface area contributed by atoms with Gasteiger partial charge in [-0.05, 0) is 18.6 Å². The summed E-state index contributed by atoms with van der Waals surface area (Å²) in [6.07, 6.45) is 0.870. The second-order valence-corrected chi connectivity index (χ2v) is 4.06. The minimum Gasteiger partial charge on any atom is -0.373 e. The first-order valence-corrected chi connectivity index (χ1v) is 5.93. The molecule has 88 valence electrons. The molecule has 1 N–H and O–H groups in total. The van der Waals surface area contributed by atoms with Crippen molar-refractivity contribution < 1.29 is 0 Å². The van der Waals surface area contributed by atoms with E-state index in [1.54, 1.807) is 0 Å². The van der Waals surface area contributed by atoms with Crippen LogP contribution >= 0.6 is 11.6 Å². The van der Waals surface area contributed by atoms with Crippen LogP contribution in [0.1, 0.15) is 12.6 Å². The molecule has 1 aromatic carbocycles. The Hall–Kier alpha value is -1.61. The number of nitrogens with zero attached hydrogens (tertiary/aromatic N) is 2. The number of halogens is 1. The van der Waals surface area contributed by atoms with Crippen molar-refractivity contribution >= 4 is 17.4 Å². The molecular weight excluding hydrogens is 234 g/mol. The predicted octanol–water partition coefficient (Wildman–Crippen LogP) is 3.40. The normalized spacial score (nSPS) is 10.3. The smallest absolute Gasteiger partial charge is 0.163 e. The topological polar surface area (TPSA) is 37.8 Å². The molecule has 0 saturated heterocycles. The third kappa shape index (κ3) is 2.56. The van der Waals surface area contributed by atoms with Gasteiger partial charge < -0.3 is 5.32 Å². The van der Waals surface area contributed by atoms with Gasteiger partial charge in [-0.2, -0.15) is 0 Å². The summed E-state index contributed by atoms with van der Waals surface area (Å²) in [4.78, 5) is 8.92. The average Bonchev–Trinajstić information content (AvgIpc) is 2.38. The standard InChI is InChI=1S/C13H14ClN3/c1-3-9-8-12(15-2)17-13(16-9)10-6-4-5-7-11(10)14/h4-8H,3H2,1-2H3,(H,15,16,17). The molecule has 0 fully saturated rings. The van der Waals surface area contributed by atoms with Crippen LogP contribution in [0.5, 0.6) is 0 Å². The van der Waals surface area contributed by atoms with Gasteiger partial charge in [-0.25, -0.2) is 9.97 Å². The van der Waals surface area contributed by atoms with Gasteiger partial charge in [0.05, 0.1) is 5.02 Å². The molecule has 1 heterocycles. The molecule has 0 radical (unpaired) electrons. The molecule has 17 heavy (non-hydrogen) atoms. The van der Waals surface area contributed by atoms with Gasteiger partial charge in [0.15, 0.2) is 5.82 Å². The Labute approximate surface area is 106 Å². The second-order valence-electron chi connectivity index (χ2n) is 3.65. The Bertz CT molecular complexity index is 504. The van der Waals surface area contributed by atoms with E-state index in [1.807, 2.05) is 37.4 Å².